The Labute approximate surface area is 176 Å². The van der Waals surface area contributed by atoms with Crippen LogP contribution in [0.25, 0.3) is 0 Å². The molecule has 0 aromatic heterocycles. The minimum atomic E-state index is -0.453. The minimum absolute atomic E-state index is 0.0506. The van der Waals surface area contributed by atoms with Gasteiger partial charge in [-0.25, -0.2) is 0 Å². The van der Waals surface area contributed by atoms with Crippen LogP contribution in [0.4, 0.5) is 0 Å². The fourth-order valence-corrected chi connectivity index (χ4v) is 2.78. The quantitative estimate of drug-likeness (QED) is 0.448. The van der Waals surface area contributed by atoms with Gasteiger partial charge in [0, 0.05) is 4.47 Å². The lowest BCUT2D eigenvalue weighted by atomic mass is 10.2. The van der Waals surface area contributed by atoms with E-state index in [1.54, 1.807) is 12.1 Å². The molecule has 0 heterocycles. The summed E-state index contributed by atoms with van der Waals surface area (Å²) in [5, 5.41) is 2.36. The molecule has 0 spiro atoms. The summed E-state index contributed by atoms with van der Waals surface area (Å²) in [5.41, 5.74) is 6.61. The molecule has 0 saturated carbocycles. The molecule has 0 unspecified atom stereocenters. The van der Waals surface area contributed by atoms with E-state index in [0.717, 1.165) is 15.6 Å². The fourth-order valence-electron chi connectivity index (χ4n) is 2.14. The molecule has 2 rings (SSSR count). The molecule has 0 aliphatic rings. The van der Waals surface area contributed by atoms with Crippen LogP contribution in [-0.2, 0) is 9.59 Å². The summed E-state index contributed by atoms with van der Waals surface area (Å²) in [6.45, 7) is 3.35. The molecule has 2 amide bonds. The molecular weight excluding hydrogens is 446 g/mol. The lowest BCUT2D eigenvalue weighted by Gasteiger charge is -2.13. The van der Waals surface area contributed by atoms with Crippen LogP contribution in [0.5, 0.6) is 11.5 Å². The average molecular weight is 466 g/mol. The largest absolute Gasteiger partial charge is 0.483 e. The van der Waals surface area contributed by atoms with Crippen molar-refractivity contribution in [1.82, 2.24) is 16.2 Å². The van der Waals surface area contributed by atoms with Crippen LogP contribution in [0.2, 0.25) is 0 Å². The van der Waals surface area contributed by atoms with Crippen molar-refractivity contribution in [3.05, 3.63) is 58.1 Å². The number of para-hydroxylation sites is 1. The smallest absolute Gasteiger partial charge is 0.276 e. The van der Waals surface area contributed by atoms with Crippen LogP contribution < -0.4 is 25.6 Å². The Morgan fingerprint density at radius 2 is 1.57 bits per heavy atom. The highest BCUT2D eigenvalue weighted by Crippen LogP contribution is 2.21. The second-order valence-electron chi connectivity index (χ2n) is 5.80. The number of hydrazine groups is 1. The number of hydrogen-bond acceptors (Lipinski definition) is 5. The number of benzene rings is 2. The maximum atomic E-state index is 11.9. The third-order valence-corrected chi connectivity index (χ3v) is 4.21. The molecule has 0 fully saturated rings. The van der Waals surface area contributed by atoms with E-state index in [9.17, 15) is 9.59 Å². The first kappa shape index (κ1) is 21.6. The SMILES string of the molecule is Cc1ccccc1OCC(=O)NNC(=S)NC(=O)COc1ccc(Br)cc1C. The first-order valence-corrected chi connectivity index (χ1v) is 9.51. The van der Waals surface area contributed by atoms with Gasteiger partial charge in [-0.1, -0.05) is 34.1 Å². The summed E-state index contributed by atoms with van der Waals surface area (Å²) >= 11 is 8.32. The molecule has 0 atom stereocenters. The lowest BCUT2D eigenvalue weighted by Crippen LogP contribution is -2.50. The predicted octanol–water partition coefficient (Wildman–Crippen LogP) is 2.55. The number of carbonyl (C=O) groups excluding carboxylic acids is 2. The lowest BCUT2D eigenvalue weighted by molar-refractivity contribution is -0.124. The highest BCUT2D eigenvalue weighted by molar-refractivity contribution is 9.10. The van der Waals surface area contributed by atoms with Gasteiger partial charge in [0.2, 0.25) is 0 Å². The Balaban J connectivity index is 1.67. The summed E-state index contributed by atoms with van der Waals surface area (Å²) in [4.78, 5) is 23.7. The van der Waals surface area contributed by atoms with Gasteiger partial charge in [0.15, 0.2) is 18.3 Å². The molecule has 2 aromatic carbocycles. The second kappa shape index (κ2) is 10.6. The van der Waals surface area contributed by atoms with E-state index in [1.807, 2.05) is 44.2 Å². The van der Waals surface area contributed by atoms with Crippen molar-refractivity contribution in [2.75, 3.05) is 13.2 Å². The van der Waals surface area contributed by atoms with Crippen molar-refractivity contribution in [2.45, 2.75) is 13.8 Å². The standard InChI is InChI=1S/C19H20BrN3O4S/c1-12-5-3-4-6-15(12)27-11-18(25)22-23-19(28)21-17(24)10-26-16-8-7-14(20)9-13(16)2/h3-9H,10-11H2,1-2H3,(H,22,25)(H2,21,23,24,28). The van der Waals surface area contributed by atoms with E-state index in [4.69, 9.17) is 21.7 Å². The first-order valence-electron chi connectivity index (χ1n) is 8.31. The van der Waals surface area contributed by atoms with Crippen LogP contribution in [-0.4, -0.2) is 30.1 Å². The molecule has 148 valence electrons. The molecule has 0 radical (unpaired) electrons. The van der Waals surface area contributed by atoms with Gasteiger partial charge in [0.25, 0.3) is 11.8 Å². The van der Waals surface area contributed by atoms with Gasteiger partial charge in [-0.3, -0.25) is 25.8 Å². The zero-order chi connectivity index (χ0) is 20.5. The van der Waals surface area contributed by atoms with Crippen molar-refractivity contribution in [1.29, 1.82) is 0 Å². The van der Waals surface area contributed by atoms with Crippen molar-refractivity contribution < 1.29 is 19.1 Å². The summed E-state index contributed by atoms with van der Waals surface area (Å²) in [6.07, 6.45) is 0. The number of aryl methyl sites for hydroxylation is 2. The molecule has 28 heavy (non-hydrogen) atoms. The molecule has 0 bridgehead atoms. The second-order valence-corrected chi connectivity index (χ2v) is 7.13. The van der Waals surface area contributed by atoms with Crippen molar-refractivity contribution in [3.63, 3.8) is 0 Å². The van der Waals surface area contributed by atoms with Crippen LogP contribution in [0.15, 0.2) is 46.9 Å². The number of thiocarbonyl (C=S) groups is 1. The number of ether oxygens (including phenoxy) is 2. The molecule has 0 aliphatic heterocycles. The zero-order valence-corrected chi connectivity index (χ0v) is 17.8. The van der Waals surface area contributed by atoms with E-state index >= 15 is 0 Å². The number of hydrogen-bond donors (Lipinski definition) is 3. The maximum Gasteiger partial charge on any atom is 0.276 e. The maximum absolute atomic E-state index is 11.9. The Bertz CT molecular complexity index is 876. The topological polar surface area (TPSA) is 88.7 Å². The van der Waals surface area contributed by atoms with E-state index in [0.29, 0.717) is 11.5 Å². The molecule has 2 aromatic rings. The number of halogens is 1. The summed E-state index contributed by atoms with van der Waals surface area (Å²) in [6, 6.07) is 12.8. The normalized spacial score (nSPS) is 9.96. The van der Waals surface area contributed by atoms with Gasteiger partial charge in [0.05, 0.1) is 0 Å². The molecule has 3 N–H and O–H groups in total. The molecular formula is C19H20BrN3O4S. The summed E-state index contributed by atoms with van der Waals surface area (Å²) in [5.74, 6) is 0.319. The van der Waals surface area contributed by atoms with Crippen LogP contribution in [0.1, 0.15) is 11.1 Å². The zero-order valence-electron chi connectivity index (χ0n) is 15.4. The number of nitrogens with one attached hydrogen (secondary N) is 3. The van der Waals surface area contributed by atoms with Gasteiger partial charge in [0.1, 0.15) is 11.5 Å². The summed E-state index contributed by atoms with van der Waals surface area (Å²) in [7, 11) is 0. The highest BCUT2D eigenvalue weighted by atomic mass is 79.9. The van der Waals surface area contributed by atoms with E-state index in [2.05, 4.69) is 32.1 Å². The number of rotatable bonds is 6. The van der Waals surface area contributed by atoms with Crippen molar-refractivity contribution in [2.24, 2.45) is 0 Å². The van der Waals surface area contributed by atoms with Gasteiger partial charge >= 0.3 is 0 Å². The van der Waals surface area contributed by atoms with E-state index in [-0.39, 0.29) is 18.3 Å². The van der Waals surface area contributed by atoms with Gasteiger partial charge in [-0.2, -0.15) is 0 Å². The van der Waals surface area contributed by atoms with Crippen molar-refractivity contribution >= 4 is 45.1 Å². The van der Waals surface area contributed by atoms with Crippen LogP contribution in [0, 0.1) is 13.8 Å². The molecule has 0 aliphatic carbocycles. The Morgan fingerprint density at radius 3 is 2.25 bits per heavy atom. The predicted molar refractivity (Wildman–Crippen MR) is 113 cm³/mol. The molecule has 9 heteroatoms. The average Bonchev–Trinajstić information content (AvgIpc) is 2.65. The Kier molecular flexibility index (Phi) is 8.21. The Hall–Kier alpha value is -2.65. The number of amides is 2. The third-order valence-electron chi connectivity index (χ3n) is 3.52. The first-order chi connectivity index (χ1) is 13.3. The van der Waals surface area contributed by atoms with Crippen molar-refractivity contribution in [3.8, 4) is 11.5 Å². The van der Waals surface area contributed by atoms with Gasteiger partial charge < -0.3 is 9.47 Å². The van der Waals surface area contributed by atoms with Gasteiger partial charge in [-0.05, 0) is 61.5 Å². The Morgan fingerprint density at radius 1 is 0.929 bits per heavy atom. The minimum Gasteiger partial charge on any atom is -0.483 e. The van der Waals surface area contributed by atoms with Crippen LogP contribution in [0.3, 0.4) is 0 Å². The number of carbonyl (C=O) groups is 2. The van der Waals surface area contributed by atoms with Crippen LogP contribution >= 0.6 is 28.1 Å². The van der Waals surface area contributed by atoms with E-state index in [1.165, 1.54) is 0 Å². The fraction of sp³-hybridized carbons (Fsp3) is 0.211. The third kappa shape index (κ3) is 7.16. The monoisotopic (exact) mass is 465 g/mol. The summed E-state index contributed by atoms with van der Waals surface area (Å²) < 4.78 is 11.8. The highest BCUT2D eigenvalue weighted by Gasteiger charge is 2.09. The molecule has 7 nitrogen and oxygen atoms in total. The van der Waals surface area contributed by atoms with Gasteiger partial charge in [-0.15, -0.1) is 0 Å². The molecule has 0 saturated heterocycles. The van der Waals surface area contributed by atoms with E-state index < -0.39 is 11.8 Å².